The number of benzene rings is 1. The summed E-state index contributed by atoms with van der Waals surface area (Å²) in [4.78, 5) is 19.3. The highest BCUT2D eigenvalue weighted by Crippen LogP contribution is 2.34. The van der Waals surface area contributed by atoms with Gasteiger partial charge >= 0.3 is 0 Å². The molecule has 0 N–H and O–H groups in total. The third kappa shape index (κ3) is 5.58. The zero-order valence-electron chi connectivity index (χ0n) is 21.5. The second-order valence-corrected chi connectivity index (χ2v) is 8.51. The topological polar surface area (TPSA) is 53.9 Å². The van der Waals surface area contributed by atoms with Crippen LogP contribution in [-0.4, -0.2) is 67.6 Å². The van der Waals surface area contributed by atoms with E-state index in [0.717, 1.165) is 79.4 Å². The van der Waals surface area contributed by atoms with Gasteiger partial charge in [-0.1, -0.05) is 34.6 Å². The first kappa shape index (κ1) is 26.0. The standard InChI is InChI=1S/C24H37N5O.C2H6/c1-7-13-29(14-8-2)22-19-16-18(21(25-5)28(6)9-3)10-11-20(19)26-23(27-22)24(4)12-15-30-17-24;1-2/h10-11,16H,7-9,12-15,17H2,1-6H3;1-2H3. The molecule has 1 saturated heterocycles. The van der Waals surface area contributed by atoms with Crippen molar-refractivity contribution in [3.8, 4) is 0 Å². The Morgan fingerprint density at radius 3 is 2.34 bits per heavy atom. The molecule has 0 spiro atoms. The van der Waals surface area contributed by atoms with Gasteiger partial charge in [0.15, 0.2) is 0 Å². The molecule has 178 valence electrons. The molecular formula is C26H43N5O. The smallest absolute Gasteiger partial charge is 0.140 e. The van der Waals surface area contributed by atoms with Crippen molar-refractivity contribution in [2.45, 2.75) is 66.2 Å². The fraction of sp³-hybridized carbons (Fsp3) is 0.654. The van der Waals surface area contributed by atoms with Crippen molar-refractivity contribution in [2.24, 2.45) is 4.99 Å². The fourth-order valence-corrected chi connectivity index (χ4v) is 4.14. The van der Waals surface area contributed by atoms with Crippen LogP contribution in [0.5, 0.6) is 0 Å². The summed E-state index contributed by atoms with van der Waals surface area (Å²) in [7, 11) is 3.93. The predicted molar refractivity (Wildman–Crippen MR) is 137 cm³/mol. The Bertz CT molecular complexity index is 883. The van der Waals surface area contributed by atoms with Gasteiger partial charge in [-0.25, -0.2) is 9.97 Å². The Kier molecular flexibility index (Phi) is 9.88. The first-order chi connectivity index (χ1) is 15.5. The zero-order chi connectivity index (χ0) is 23.7. The van der Waals surface area contributed by atoms with E-state index in [4.69, 9.17) is 14.7 Å². The number of fused-ring (bicyclic) bond motifs is 1. The van der Waals surface area contributed by atoms with Crippen LogP contribution >= 0.6 is 0 Å². The van der Waals surface area contributed by atoms with Crippen LogP contribution in [0, 0.1) is 0 Å². The van der Waals surface area contributed by atoms with Gasteiger partial charge in [-0.3, -0.25) is 4.99 Å². The third-order valence-corrected chi connectivity index (χ3v) is 6.03. The van der Waals surface area contributed by atoms with Gasteiger partial charge in [0.2, 0.25) is 0 Å². The van der Waals surface area contributed by atoms with Crippen molar-refractivity contribution in [3.05, 3.63) is 29.6 Å². The maximum absolute atomic E-state index is 5.71. The number of rotatable bonds is 8. The van der Waals surface area contributed by atoms with Crippen LogP contribution in [0.3, 0.4) is 0 Å². The van der Waals surface area contributed by atoms with E-state index in [-0.39, 0.29) is 5.41 Å². The Morgan fingerprint density at radius 2 is 1.81 bits per heavy atom. The SMILES string of the molecule is CC.CCCN(CCC)c1nc(C2(C)CCOC2)nc2ccc(C(=NC)N(C)CC)cc12. The molecule has 6 nitrogen and oxygen atoms in total. The van der Waals surface area contributed by atoms with Crippen molar-refractivity contribution in [1.29, 1.82) is 0 Å². The van der Waals surface area contributed by atoms with Gasteiger partial charge in [-0.15, -0.1) is 0 Å². The molecule has 1 aliphatic heterocycles. The summed E-state index contributed by atoms with van der Waals surface area (Å²) in [6, 6.07) is 6.48. The third-order valence-electron chi connectivity index (χ3n) is 6.03. The lowest BCUT2D eigenvalue weighted by atomic mass is 9.89. The molecule has 1 aromatic carbocycles. The highest BCUT2D eigenvalue weighted by atomic mass is 16.5. The van der Waals surface area contributed by atoms with Crippen molar-refractivity contribution >= 4 is 22.6 Å². The van der Waals surface area contributed by atoms with Crippen LogP contribution in [0.2, 0.25) is 0 Å². The highest BCUT2D eigenvalue weighted by molar-refractivity contribution is 6.03. The summed E-state index contributed by atoms with van der Waals surface area (Å²) in [6.07, 6.45) is 3.13. The van der Waals surface area contributed by atoms with Gasteiger partial charge in [0, 0.05) is 51.3 Å². The minimum absolute atomic E-state index is 0.121. The van der Waals surface area contributed by atoms with Crippen LogP contribution in [0.15, 0.2) is 23.2 Å². The summed E-state index contributed by atoms with van der Waals surface area (Å²) < 4.78 is 5.71. The van der Waals surface area contributed by atoms with E-state index in [9.17, 15) is 0 Å². The number of ether oxygens (including phenoxy) is 1. The molecule has 0 saturated carbocycles. The van der Waals surface area contributed by atoms with E-state index >= 15 is 0 Å². The average Bonchev–Trinajstić information content (AvgIpc) is 3.27. The zero-order valence-corrected chi connectivity index (χ0v) is 21.5. The van der Waals surface area contributed by atoms with Gasteiger partial charge in [0.25, 0.3) is 0 Å². The number of anilines is 1. The van der Waals surface area contributed by atoms with Gasteiger partial charge in [-0.2, -0.15) is 0 Å². The Labute approximate surface area is 195 Å². The number of hydrogen-bond donors (Lipinski definition) is 0. The molecule has 2 heterocycles. The molecule has 0 amide bonds. The number of hydrogen-bond acceptors (Lipinski definition) is 5. The van der Waals surface area contributed by atoms with Crippen LogP contribution in [-0.2, 0) is 10.2 Å². The van der Waals surface area contributed by atoms with Crippen molar-refractivity contribution < 1.29 is 4.74 Å². The van der Waals surface area contributed by atoms with Gasteiger partial charge in [0.05, 0.1) is 17.5 Å². The Balaban J connectivity index is 0.00000176. The summed E-state index contributed by atoms with van der Waals surface area (Å²) >= 11 is 0. The van der Waals surface area contributed by atoms with Gasteiger partial charge < -0.3 is 14.5 Å². The van der Waals surface area contributed by atoms with E-state index in [1.54, 1.807) is 0 Å². The molecule has 1 aliphatic rings. The summed E-state index contributed by atoms with van der Waals surface area (Å²) in [5.41, 5.74) is 1.98. The Hall–Kier alpha value is -2.21. The summed E-state index contributed by atoms with van der Waals surface area (Å²) in [6.45, 7) is 17.2. The quantitative estimate of drug-likeness (QED) is 0.412. The predicted octanol–water partition coefficient (Wildman–Crippen LogP) is 5.29. The molecule has 1 fully saturated rings. The minimum Gasteiger partial charge on any atom is -0.380 e. The molecule has 1 atom stereocenters. The summed E-state index contributed by atoms with van der Waals surface area (Å²) in [5.74, 6) is 2.94. The molecule has 6 heteroatoms. The number of amidine groups is 1. The number of aliphatic imine (C=N–C) groups is 1. The fourth-order valence-electron chi connectivity index (χ4n) is 4.14. The molecule has 2 aromatic rings. The Morgan fingerprint density at radius 1 is 1.12 bits per heavy atom. The molecule has 3 rings (SSSR count). The molecule has 0 bridgehead atoms. The van der Waals surface area contributed by atoms with E-state index in [1.807, 2.05) is 20.9 Å². The molecule has 0 aliphatic carbocycles. The van der Waals surface area contributed by atoms with E-state index in [2.05, 4.69) is 67.7 Å². The van der Waals surface area contributed by atoms with Crippen molar-refractivity contribution in [1.82, 2.24) is 14.9 Å². The first-order valence-electron chi connectivity index (χ1n) is 12.3. The van der Waals surface area contributed by atoms with E-state index in [1.165, 1.54) is 0 Å². The largest absolute Gasteiger partial charge is 0.380 e. The highest BCUT2D eigenvalue weighted by Gasteiger charge is 2.35. The lowest BCUT2D eigenvalue weighted by Crippen LogP contribution is -2.30. The molecule has 1 aromatic heterocycles. The lowest BCUT2D eigenvalue weighted by Gasteiger charge is -2.28. The second-order valence-electron chi connectivity index (χ2n) is 8.51. The van der Waals surface area contributed by atoms with Gasteiger partial charge in [0.1, 0.15) is 17.5 Å². The molecule has 0 radical (unpaired) electrons. The van der Waals surface area contributed by atoms with Crippen molar-refractivity contribution in [3.63, 3.8) is 0 Å². The number of aromatic nitrogens is 2. The van der Waals surface area contributed by atoms with Crippen LogP contribution < -0.4 is 4.90 Å². The van der Waals surface area contributed by atoms with Crippen molar-refractivity contribution in [2.75, 3.05) is 51.8 Å². The van der Waals surface area contributed by atoms with Crippen LogP contribution in [0.25, 0.3) is 10.9 Å². The maximum atomic E-state index is 5.71. The number of nitrogens with zero attached hydrogens (tertiary/aromatic N) is 5. The maximum Gasteiger partial charge on any atom is 0.140 e. The average molecular weight is 442 g/mol. The second kappa shape index (κ2) is 12.1. The molecule has 1 unspecified atom stereocenters. The lowest BCUT2D eigenvalue weighted by molar-refractivity contribution is 0.179. The van der Waals surface area contributed by atoms with E-state index in [0.29, 0.717) is 6.61 Å². The van der Waals surface area contributed by atoms with Crippen LogP contribution in [0.1, 0.15) is 72.2 Å². The van der Waals surface area contributed by atoms with Gasteiger partial charge in [-0.05, 0) is 44.4 Å². The summed E-state index contributed by atoms with van der Waals surface area (Å²) in [5, 5.41) is 1.10. The van der Waals surface area contributed by atoms with E-state index < -0.39 is 0 Å². The molecular weight excluding hydrogens is 398 g/mol. The monoisotopic (exact) mass is 441 g/mol. The minimum atomic E-state index is -0.121. The first-order valence-corrected chi connectivity index (χ1v) is 12.3. The van der Waals surface area contributed by atoms with Crippen LogP contribution in [0.4, 0.5) is 5.82 Å². The molecule has 32 heavy (non-hydrogen) atoms. The normalized spacial score (nSPS) is 18.4.